The Kier molecular flexibility index (Phi) is 11.3. The molecule has 6 rings (SSSR count). The zero-order chi connectivity index (χ0) is 42.4. The van der Waals surface area contributed by atoms with Gasteiger partial charge in [0.05, 0.1) is 18.2 Å². The molecule has 11 atom stereocenters. The Morgan fingerprint density at radius 1 is 0.807 bits per heavy atom. The number of carboxylic acid groups (broad SMARTS) is 1. The van der Waals surface area contributed by atoms with E-state index in [1.54, 1.807) is 0 Å². The molecule has 6 aliphatic rings. The Hall–Kier alpha value is -2.51. The molecule has 0 bridgehead atoms. The molecule has 5 saturated carbocycles. The number of ether oxygens (including phenoxy) is 2. The van der Waals surface area contributed by atoms with Crippen molar-refractivity contribution < 1.29 is 29.0 Å². The summed E-state index contributed by atoms with van der Waals surface area (Å²) in [7, 11) is 0. The predicted octanol–water partition coefficient (Wildman–Crippen LogP) is 11.3. The molecule has 5 aliphatic carbocycles. The van der Waals surface area contributed by atoms with Crippen LogP contribution in [0.5, 0.6) is 0 Å². The number of carbonyl (C=O) groups excluding carboxylic acids is 2. The van der Waals surface area contributed by atoms with Gasteiger partial charge in [-0.2, -0.15) is 0 Å². The van der Waals surface area contributed by atoms with Gasteiger partial charge < -0.3 is 24.8 Å². The van der Waals surface area contributed by atoms with Crippen molar-refractivity contribution in [1.82, 2.24) is 10.2 Å². The smallest absolute Gasteiger partial charge is 0.407 e. The lowest BCUT2D eigenvalue weighted by Crippen LogP contribution is -2.69. The van der Waals surface area contributed by atoms with Crippen molar-refractivity contribution in [2.75, 3.05) is 13.1 Å². The van der Waals surface area contributed by atoms with Gasteiger partial charge >= 0.3 is 12.1 Å². The SMILES string of the molecule is C=C(CC(C)(C)CC(=O)O)O[C@H]1CC[C@]2(C)[C@H]3CC[C@]4(C)[C@H]5[C@H](C(=C)C)CC[C@]5(CC(=O)N5CC[C@@H](NC(=O)OC(C)(C)C)C5)CC[C@@]4(C)[C@]3(C)CC[C@H]2C1(C)C. The Labute approximate surface area is 346 Å². The van der Waals surface area contributed by atoms with Gasteiger partial charge in [0, 0.05) is 31.3 Å². The summed E-state index contributed by atoms with van der Waals surface area (Å²) >= 11 is 0. The highest BCUT2D eigenvalue weighted by molar-refractivity contribution is 5.78. The lowest BCUT2D eigenvalue weighted by atomic mass is 9.28. The lowest BCUT2D eigenvalue weighted by Gasteiger charge is -2.76. The van der Waals surface area contributed by atoms with Crippen molar-refractivity contribution in [2.45, 2.75) is 191 Å². The fraction of sp³-hybridized carbons (Fsp3) is 0.857. The van der Waals surface area contributed by atoms with E-state index < -0.39 is 23.1 Å². The van der Waals surface area contributed by atoms with Crippen molar-refractivity contribution in [3.63, 3.8) is 0 Å². The van der Waals surface area contributed by atoms with Crippen molar-refractivity contribution in [2.24, 2.45) is 61.6 Å². The molecule has 8 nitrogen and oxygen atoms in total. The Bertz CT molecular complexity index is 1630. The molecule has 2 amide bonds. The predicted molar refractivity (Wildman–Crippen MR) is 227 cm³/mol. The monoisotopic (exact) mass is 793 g/mol. The molecule has 1 aliphatic heterocycles. The molecule has 6 fully saturated rings. The van der Waals surface area contributed by atoms with E-state index in [0.29, 0.717) is 49.6 Å². The van der Waals surface area contributed by atoms with Crippen LogP contribution in [0.3, 0.4) is 0 Å². The first-order valence-corrected chi connectivity index (χ1v) is 22.6. The van der Waals surface area contributed by atoms with E-state index in [1.165, 1.54) is 31.3 Å². The Morgan fingerprint density at radius 3 is 2.09 bits per heavy atom. The van der Waals surface area contributed by atoms with E-state index in [4.69, 9.17) is 9.47 Å². The van der Waals surface area contributed by atoms with Gasteiger partial charge in [0.15, 0.2) is 0 Å². The number of fused-ring (bicyclic) bond motifs is 7. The second kappa shape index (κ2) is 14.6. The van der Waals surface area contributed by atoms with E-state index >= 15 is 0 Å². The lowest BCUT2D eigenvalue weighted by molar-refractivity contribution is -0.278. The number of nitrogens with one attached hydrogen (secondary N) is 1. The van der Waals surface area contributed by atoms with Crippen LogP contribution in [0.4, 0.5) is 4.79 Å². The van der Waals surface area contributed by atoms with Gasteiger partial charge in [0.2, 0.25) is 5.91 Å². The first-order chi connectivity index (χ1) is 26.1. The molecule has 0 spiro atoms. The van der Waals surface area contributed by atoms with Crippen molar-refractivity contribution in [3.8, 4) is 0 Å². The third kappa shape index (κ3) is 7.50. The van der Waals surface area contributed by atoms with Gasteiger partial charge in [-0.25, -0.2) is 4.79 Å². The number of likely N-dealkylation sites (tertiary alicyclic amines) is 1. The minimum Gasteiger partial charge on any atom is -0.495 e. The van der Waals surface area contributed by atoms with Crippen molar-refractivity contribution >= 4 is 18.0 Å². The maximum Gasteiger partial charge on any atom is 0.407 e. The summed E-state index contributed by atoms with van der Waals surface area (Å²) in [6, 6.07) is -0.0795. The topological polar surface area (TPSA) is 105 Å². The Balaban J connectivity index is 1.21. The molecule has 8 heteroatoms. The summed E-state index contributed by atoms with van der Waals surface area (Å²) in [5.74, 6) is 2.18. The first-order valence-electron chi connectivity index (χ1n) is 22.6. The van der Waals surface area contributed by atoms with Crippen LogP contribution in [0.15, 0.2) is 24.5 Å². The van der Waals surface area contributed by atoms with E-state index in [9.17, 15) is 19.5 Å². The highest BCUT2D eigenvalue weighted by Crippen LogP contribution is 2.81. The second-order valence-electron chi connectivity index (χ2n) is 23.8. The van der Waals surface area contributed by atoms with Gasteiger partial charge in [-0.05, 0) is 154 Å². The van der Waals surface area contributed by atoms with Crippen LogP contribution in [0.25, 0.3) is 0 Å². The zero-order valence-corrected chi connectivity index (χ0v) is 38.1. The van der Waals surface area contributed by atoms with Crippen LogP contribution in [0.1, 0.15) is 173 Å². The maximum atomic E-state index is 14.4. The highest BCUT2D eigenvalue weighted by atomic mass is 16.6. The highest BCUT2D eigenvalue weighted by Gasteiger charge is 2.74. The maximum absolute atomic E-state index is 14.4. The molecule has 1 saturated heterocycles. The number of rotatable bonds is 10. The van der Waals surface area contributed by atoms with Crippen molar-refractivity contribution in [1.29, 1.82) is 0 Å². The molecule has 0 radical (unpaired) electrons. The van der Waals surface area contributed by atoms with E-state index in [1.807, 2.05) is 39.5 Å². The van der Waals surface area contributed by atoms with Crippen LogP contribution < -0.4 is 5.32 Å². The second-order valence-corrected chi connectivity index (χ2v) is 23.8. The summed E-state index contributed by atoms with van der Waals surface area (Å²) < 4.78 is 12.3. The summed E-state index contributed by atoms with van der Waals surface area (Å²) in [6.45, 7) is 37.5. The van der Waals surface area contributed by atoms with E-state index in [0.717, 1.165) is 50.7 Å². The van der Waals surface area contributed by atoms with E-state index in [2.05, 4.69) is 66.9 Å². The number of nitrogens with zero attached hydrogens (tertiary/aromatic N) is 1. The molecule has 1 heterocycles. The standard InChI is InChI=1S/C49H80N2O6/c1-31(2)34-15-23-49(28-38(52)51-26-19-33(30-51)50-41(55)57-42(4,5)6)25-24-48(14)46(12)21-16-35-44(9,10)37(56-32(3)27-43(7,8)29-39(53)54)18-20-45(35,11)36(46)17-22-47(48,13)40(34)49/h33-37,40H,1,3,15-30H2,2,4-14H3,(H,50,55)(H,53,54)/t33-,34+,35+,36-,37+,40-,45+,46-,47-,48+,49-/m1/s1. The summed E-state index contributed by atoms with van der Waals surface area (Å²) in [5, 5.41) is 12.5. The van der Waals surface area contributed by atoms with Crippen LogP contribution in [0.2, 0.25) is 0 Å². The number of carbonyl (C=O) groups is 3. The number of allylic oxidation sites excluding steroid dienone is 2. The molecule has 0 aromatic carbocycles. The fourth-order valence-electron chi connectivity index (χ4n) is 15.6. The summed E-state index contributed by atoms with van der Waals surface area (Å²) in [6.07, 6.45) is 13.1. The van der Waals surface area contributed by atoms with Gasteiger partial charge in [-0.15, -0.1) is 0 Å². The molecule has 57 heavy (non-hydrogen) atoms. The average molecular weight is 793 g/mol. The number of alkyl carbamates (subject to hydrolysis) is 1. The van der Waals surface area contributed by atoms with E-state index in [-0.39, 0.29) is 57.0 Å². The number of hydrogen-bond acceptors (Lipinski definition) is 5. The third-order valence-electron chi connectivity index (χ3n) is 18.3. The largest absolute Gasteiger partial charge is 0.495 e. The molecule has 0 aromatic heterocycles. The van der Waals surface area contributed by atoms with Crippen molar-refractivity contribution in [3.05, 3.63) is 24.5 Å². The van der Waals surface area contributed by atoms with Crippen LogP contribution >= 0.6 is 0 Å². The number of hydrogen-bond donors (Lipinski definition) is 2. The average Bonchev–Trinajstić information content (AvgIpc) is 3.68. The number of amides is 2. The van der Waals surface area contributed by atoms with Gasteiger partial charge in [-0.1, -0.05) is 74.1 Å². The van der Waals surface area contributed by atoms with Gasteiger partial charge in [0.25, 0.3) is 0 Å². The number of carboxylic acids is 1. The molecule has 2 N–H and O–H groups in total. The Morgan fingerprint density at radius 2 is 1.46 bits per heavy atom. The molecule has 322 valence electrons. The summed E-state index contributed by atoms with van der Waals surface area (Å²) in [5.41, 5.74) is 0.841. The van der Waals surface area contributed by atoms with Gasteiger partial charge in [-0.3, -0.25) is 9.59 Å². The minimum absolute atomic E-state index is 0.0330. The molecule has 0 unspecified atom stereocenters. The molecular formula is C49H80N2O6. The fourth-order valence-corrected chi connectivity index (χ4v) is 15.6. The normalized spacial score (nSPS) is 41.2. The van der Waals surface area contributed by atoms with Crippen LogP contribution in [-0.2, 0) is 19.1 Å². The van der Waals surface area contributed by atoms with Crippen LogP contribution in [-0.4, -0.2) is 58.8 Å². The summed E-state index contributed by atoms with van der Waals surface area (Å²) in [4.78, 5) is 40.5. The van der Waals surface area contributed by atoms with Crippen LogP contribution in [0, 0.1) is 61.6 Å². The van der Waals surface area contributed by atoms with Gasteiger partial charge in [0.1, 0.15) is 11.7 Å². The number of aliphatic carboxylic acids is 1. The first kappa shape index (κ1) is 44.1. The zero-order valence-electron chi connectivity index (χ0n) is 38.1. The quantitative estimate of drug-likeness (QED) is 0.169. The minimum atomic E-state index is -0.782. The molecular weight excluding hydrogens is 713 g/mol. The third-order valence-corrected chi connectivity index (χ3v) is 18.3. The molecule has 0 aromatic rings.